The molecule has 0 radical (unpaired) electrons. The van der Waals surface area contributed by atoms with Crippen LogP contribution in [0, 0.1) is 0 Å². The number of ether oxygens (including phenoxy) is 1. The molecule has 1 aromatic heterocycles. The normalized spacial score (nSPS) is 13.9. The van der Waals surface area contributed by atoms with Crippen LogP contribution >= 0.6 is 11.8 Å². The predicted octanol–water partition coefficient (Wildman–Crippen LogP) is 4.07. The third-order valence-electron chi connectivity index (χ3n) is 4.87. The Hall–Kier alpha value is -2.28. The molecule has 0 fully saturated rings. The summed E-state index contributed by atoms with van der Waals surface area (Å²) in [4.78, 5) is 12.2. The Balaban J connectivity index is 1.56. The minimum atomic E-state index is 0.0332. The van der Waals surface area contributed by atoms with E-state index in [0.29, 0.717) is 12.3 Å². The van der Waals surface area contributed by atoms with E-state index < -0.39 is 0 Å². The minimum absolute atomic E-state index is 0.0332. The number of amides is 1. The number of aromatic nitrogens is 3. The standard InChI is InChI=1S/C21H28N4O2S/c1-3-25-20(17-11-7-8-12-18(17)27-2)23-24-21(25)28-15-19(26)22-14-13-16-9-5-4-6-10-16/h7-9,11-12H,3-6,10,13-15H2,1-2H3,(H,22,26). The van der Waals surface area contributed by atoms with Crippen LogP contribution < -0.4 is 10.1 Å². The smallest absolute Gasteiger partial charge is 0.230 e. The lowest BCUT2D eigenvalue weighted by Gasteiger charge is -2.13. The quantitative estimate of drug-likeness (QED) is 0.507. The number of thioether (sulfide) groups is 1. The summed E-state index contributed by atoms with van der Waals surface area (Å²) in [5.41, 5.74) is 2.38. The predicted molar refractivity (Wildman–Crippen MR) is 113 cm³/mol. The number of carbonyl (C=O) groups excluding carboxylic acids is 1. The number of para-hydroxylation sites is 1. The van der Waals surface area contributed by atoms with Gasteiger partial charge in [0.15, 0.2) is 11.0 Å². The third kappa shape index (κ3) is 5.16. The largest absolute Gasteiger partial charge is 0.496 e. The molecule has 1 aliphatic carbocycles. The summed E-state index contributed by atoms with van der Waals surface area (Å²) in [5.74, 6) is 1.89. The van der Waals surface area contributed by atoms with Crippen molar-refractivity contribution in [3.05, 3.63) is 35.9 Å². The highest BCUT2D eigenvalue weighted by Crippen LogP contribution is 2.30. The molecule has 3 rings (SSSR count). The number of nitrogens with zero attached hydrogens (tertiary/aromatic N) is 3. The second-order valence-electron chi connectivity index (χ2n) is 6.75. The average molecular weight is 401 g/mol. The van der Waals surface area contributed by atoms with Crippen LogP contribution in [0.3, 0.4) is 0 Å². The van der Waals surface area contributed by atoms with Crippen LogP contribution in [0.1, 0.15) is 39.0 Å². The lowest BCUT2D eigenvalue weighted by atomic mass is 9.97. The summed E-state index contributed by atoms with van der Waals surface area (Å²) in [6.07, 6.45) is 8.21. The Kier molecular flexibility index (Phi) is 7.54. The summed E-state index contributed by atoms with van der Waals surface area (Å²) < 4.78 is 7.46. The van der Waals surface area contributed by atoms with E-state index in [9.17, 15) is 4.79 Å². The molecule has 0 aliphatic heterocycles. The molecule has 1 aliphatic rings. The van der Waals surface area contributed by atoms with Crippen molar-refractivity contribution in [3.63, 3.8) is 0 Å². The number of benzene rings is 1. The van der Waals surface area contributed by atoms with Crippen molar-refractivity contribution in [2.24, 2.45) is 0 Å². The van der Waals surface area contributed by atoms with Gasteiger partial charge in [0.05, 0.1) is 18.4 Å². The molecule has 28 heavy (non-hydrogen) atoms. The van der Waals surface area contributed by atoms with Gasteiger partial charge >= 0.3 is 0 Å². The zero-order chi connectivity index (χ0) is 19.8. The second kappa shape index (κ2) is 10.3. The van der Waals surface area contributed by atoms with E-state index in [0.717, 1.165) is 35.3 Å². The van der Waals surface area contributed by atoms with E-state index in [1.54, 1.807) is 7.11 Å². The first kappa shape index (κ1) is 20.5. The molecule has 1 N–H and O–H groups in total. The van der Waals surface area contributed by atoms with E-state index >= 15 is 0 Å². The number of rotatable bonds is 9. The molecule has 1 amide bonds. The lowest BCUT2D eigenvalue weighted by molar-refractivity contribution is -0.118. The van der Waals surface area contributed by atoms with Crippen LogP contribution in [0.2, 0.25) is 0 Å². The van der Waals surface area contributed by atoms with Gasteiger partial charge in [-0.3, -0.25) is 4.79 Å². The average Bonchev–Trinajstić information content (AvgIpc) is 3.15. The topological polar surface area (TPSA) is 69.0 Å². The van der Waals surface area contributed by atoms with Crippen LogP contribution in [0.4, 0.5) is 0 Å². The van der Waals surface area contributed by atoms with Crippen molar-refractivity contribution in [3.8, 4) is 17.1 Å². The molecule has 0 saturated heterocycles. The number of methoxy groups -OCH3 is 1. The summed E-state index contributed by atoms with van der Waals surface area (Å²) in [5, 5.41) is 12.4. The van der Waals surface area contributed by atoms with Gasteiger partial charge in [-0.2, -0.15) is 0 Å². The first-order chi connectivity index (χ1) is 13.7. The van der Waals surface area contributed by atoms with Gasteiger partial charge in [0.1, 0.15) is 5.75 Å². The van der Waals surface area contributed by atoms with E-state index in [-0.39, 0.29) is 5.91 Å². The fraction of sp³-hybridized carbons (Fsp3) is 0.476. The lowest BCUT2D eigenvalue weighted by Crippen LogP contribution is -2.26. The van der Waals surface area contributed by atoms with Gasteiger partial charge in [0, 0.05) is 13.1 Å². The first-order valence-corrected chi connectivity index (χ1v) is 10.9. The maximum Gasteiger partial charge on any atom is 0.230 e. The van der Waals surface area contributed by atoms with E-state index in [1.165, 1.54) is 43.0 Å². The molecule has 7 heteroatoms. The molecule has 1 aromatic carbocycles. The molecule has 0 unspecified atom stereocenters. The molecule has 0 saturated carbocycles. The van der Waals surface area contributed by atoms with Gasteiger partial charge in [-0.1, -0.05) is 35.5 Å². The highest BCUT2D eigenvalue weighted by atomic mass is 32.2. The fourth-order valence-corrected chi connectivity index (χ4v) is 4.22. The molecule has 6 nitrogen and oxygen atoms in total. The number of allylic oxidation sites excluding steroid dienone is 1. The van der Waals surface area contributed by atoms with Crippen LogP contribution in [-0.2, 0) is 11.3 Å². The van der Waals surface area contributed by atoms with Crippen LogP contribution in [-0.4, -0.2) is 40.1 Å². The maximum atomic E-state index is 12.2. The van der Waals surface area contributed by atoms with Crippen LogP contribution in [0.5, 0.6) is 5.75 Å². The second-order valence-corrected chi connectivity index (χ2v) is 7.69. The molecule has 2 aromatic rings. The Morgan fingerprint density at radius 2 is 2.14 bits per heavy atom. The van der Waals surface area contributed by atoms with Crippen molar-refractivity contribution >= 4 is 17.7 Å². The molecule has 1 heterocycles. The summed E-state index contributed by atoms with van der Waals surface area (Å²) in [6, 6.07) is 7.76. The Morgan fingerprint density at radius 3 is 2.89 bits per heavy atom. The van der Waals surface area contributed by atoms with E-state index in [4.69, 9.17) is 4.74 Å². The summed E-state index contributed by atoms with van der Waals surface area (Å²) >= 11 is 1.42. The highest BCUT2D eigenvalue weighted by molar-refractivity contribution is 7.99. The molecule has 0 atom stereocenters. The highest BCUT2D eigenvalue weighted by Gasteiger charge is 2.17. The van der Waals surface area contributed by atoms with Gasteiger partial charge in [-0.15, -0.1) is 10.2 Å². The van der Waals surface area contributed by atoms with Crippen molar-refractivity contribution in [2.45, 2.75) is 50.7 Å². The molecule has 0 spiro atoms. The monoisotopic (exact) mass is 400 g/mol. The van der Waals surface area contributed by atoms with E-state index in [2.05, 4.69) is 21.6 Å². The maximum absolute atomic E-state index is 12.2. The number of carbonyl (C=O) groups is 1. The number of hydrogen-bond acceptors (Lipinski definition) is 5. The van der Waals surface area contributed by atoms with Crippen molar-refractivity contribution in [2.75, 3.05) is 19.4 Å². The Bertz CT molecular complexity index is 832. The van der Waals surface area contributed by atoms with Crippen LogP contribution in [0.15, 0.2) is 41.1 Å². The molecule has 150 valence electrons. The zero-order valence-corrected chi connectivity index (χ0v) is 17.4. The summed E-state index contributed by atoms with van der Waals surface area (Å²) in [7, 11) is 1.65. The van der Waals surface area contributed by atoms with Gasteiger partial charge in [-0.25, -0.2) is 0 Å². The molecule has 0 bridgehead atoms. The third-order valence-corrected chi connectivity index (χ3v) is 5.83. The number of hydrogen-bond donors (Lipinski definition) is 1. The van der Waals surface area contributed by atoms with Crippen LogP contribution in [0.25, 0.3) is 11.4 Å². The van der Waals surface area contributed by atoms with Crippen molar-refractivity contribution in [1.29, 1.82) is 0 Å². The zero-order valence-electron chi connectivity index (χ0n) is 16.6. The summed E-state index contributed by atoms with van der Waals surface area (Å²) in [6.45, 7) is 3.47. The van der Waals surface area contributed by atoms with Gasteiger partial charge < -0.3 is 14.6 Å². The Labute approximate surface area is 170 Å². The fourth-order valence-electron chi connectivity index (χ4n) is 3.38. The SMILES string of the molecule is CCn1c(SCC(=O)NCCC2=CCCCC2)nnc1-c1ccccc1OC. The van der Waals surface area contributed by atoms with Crippen molar-refractivity contribution in [1.82, 2.24) is 20.1 Å². The van der Waals surface area contributed by atoms with Gasteiger partial charge in [0.2, 0.25) is 5.91 Å². The first-order valence-electron chi connectivity index (χ1n) is 9.87. The Morgan fingerprint density at radius 1 is 1.29 bits per heavy atom. The number of nitrogens with one attached hydrogen (secondary N) is 1. The minimum Gasteiger partial charge on any atom is -0.496 e. The molecular formula is C21H28N4O2S. The van der Waals surface area contributed by atoms with Gasteiger partial charge in [0.25, 0.3) is 0 Å². The van der Waals surface area contributed by atoms with E-state index in [1.807, 2.05) is 35.8 Å². The van der Waals surface area contributed by atoms with Crippen molar-refractivity contribution < 1.29 is 9.53 Å². The van der Waals surface area contributed by atoms with Gasteiger partial charge in [-0.05, 0) is 51.2 Å². The molecular weight excluding hydrogens is 372 g/mol.